The Balaban J connectivity index is 2.44. The molecular weight excluding hydrogens is 176 g/mol. The van der Waals surface area contributed by atoms with Gasteiger partial charge in [0.05, 0.1) is 5.92 Å². The smallest absolute Gasteiger partial charge is 0.224 e. The van der Waals surface area contributed by atoms with Crippen LogP contribution in [0.15, 0.2) is 0 Å². The third-order valence-electron chi connectivity index (χ3n) is 2.49. The molecule has 0 bridgehead atoms. The first kappa shape index (κ1) is 11.5. The van der Waals surface area contributed by atoms with Crippen LogP contribution in [-0.4, -0.2) is 36.5 Å². The first-order valence-electron chi connectivity index (χ1n) is 5.39. The Hall–Kier alpha value is -0.570. The monoisotopic (exact) mass is 198 g/mol. The van der Waals surface area contributed by atoms with E-state index in [1.54, 1.807) is 0 Å². The van der Waals surface area contributed by atoms with Crippen LogP contribution in [0.4, 0.5) is 0 Å². The van der Waals surface area contributed by atoms with Gasteiger partial charge in [0.25, 0.3) is 0 Å². The fourth-order valence-corrected chi connectivity index (χ4v) is 1.85. The molecule has 0 aliphatic carbocycles. The van der Waals surface area contributed by atoms with Crippen molar-refractivity contribution in [3.63, 3.8) is 0 Å². The Kier molecular flexibility index (Phi) is 3.53. The second-order valence-electron chi connectivity index (χ2n) is 5.34. The second-order valence-corrected chi connectivity index (χ2v) is 5.34. The quantitative estimate of drug-likeness (QED) is 0.687. The standard InChI is InChI=1S/C11H22N2O/c1-11(2,3)12-10(14)9-6-5-7-13(4)8-9/h9H,5-8H2,1-4H3,(H,12,14)/t9-/m1/s1. The predicted molar refractivity (Wildman–Crippen MR) is 58.1 cm³/mol. The molecule has 0 saturated carbocycles. The van der Waals surface area contributed by atoms with E-state index in [-0.39, 0.29) is 17.4 Å². The second kappa shape index (κ2) is 4.30. The molecule has 0 spiro atoms. The maximum atomic E-state index is 11.8. The SMILES string of the molecule is CN1CCC[C@@H](C(=O)NC(C)(C)C)C1. The third-order valence-corrected chi connectivity index (χ3v) is 2.49. The molecule has 3 heteroatoms. The van der Waals surface area contributed by atoms with Gasteiger partial charge < -0.3 is 10.2 Å². The minimum atomic E-state index is -0.104. The van der Waals surface area contributed by atoms with E-state index >= 15 is 0 Å². The van der Waals surface area contributed by atoms with Gasteiger partial charge in [0.1, 0.15) is 0 Å². The maximum Gasteiger partial charge on any atom is 0.224 e. The fraction of sp³-hybridized carbons (Fsp3) is 0.909. The van der Waals surface area contributed by atoms with E-state index in [0.717, 1.165) is 25.9 Å². The molecule has 0 radical (unpaired) electrons. The number of hydrogen-bond donors (Lipinski definition) is 1. The molecule has 1 fully saturated rings. The molecule has 1 N–H and O–H groups in total. The number of piperidine rings is 1. The summed E-state index contributed by atoms with van der Waals surface area (Å²) in [6.45, 7) is 8.10. The lowest BCUT2D eigenvalue weighted by molar-refractivity contribution is -0.128. The minimum absolute atomic E-state index is 0.104. The van der Waals surface area contributed by atoms with Crippen LogP contribution in [-0.2, 0) is 4.79 Å². The van der Waals surface area contributed by atoms with Gasteiger partial charge in [-0.25, -0.2) is 0 Å². The van der Waals surface area contributed by atoms with Gasteiger partial charge in [-0.05, 0) is 47.2 Å². The highest BCUT2D eigenvalue weighted by Gasteiger charge is 2.26. The number of carbonyl (C=O) groups excluding carboxylic acids is 1. The Morgan fingerprint density at radius 1 is 1.43 bits per heavy atom. The fourth-order valence-electron chi connectivity index (χ4n) is 1.85. The molecule has 1 saturated heterocycles. The van der Waals surface area contributed by atoms with Crippen LogP contribution >= 0.6 is 0 Å². The molecule has 3 nitrogen and oxygen atoms in total. The van der Waals surface area contributed by atoms with E-state index in [2.05, 4.69) is 17.3 Å². The van der Waals surface area contributed by atoms with Crippen molar-refractivity contribution in [3.8, 4) is 0 Å². The molecular formula is C11H22N2O. The van der Waals surface area contributed by atoms with Crippen LogP contribution in [0.2, 0.25) is 0 Å². The number of nitrogens with zero attached hydrogens (tertiary/aromatic N) is 1. The molecule has 0 aromatic carbocycles. The van der Waals surface area contributed by atoms with Crippen molar-refractivity contribution < 1.29 is 4.79 Å². The first-order chi connectivity index (χ1) is 6.38. The Morgan fingerprint density at radius 3 is 2.57 bits per heavy atom. The van der Waals surface area contributed by atoms with Crippen molar-refractivity contribution in [1.29, 1.82) is 0 Å². The van der Waals surface area contributed by atoms with Gasteiger partial charge in [-0.15, -0.1) is 0 Å². The number of nitrogens with one attached hydrogen (secondary N) is 1. The molecule has 1 rings (SSSR count). The molecule has 1 aliphatic rings. The highest BCUT2D eigenvalue weighted by molar-refractivity contribution is 5.79. The summed E-state index contributed by atoms with van der Waals surface area (Å²) < 4.78 is 0. The first-order valence-corrected chi connectivity index (χ1v) is 5.39. The van der Waals surface area contributed by atoms with E-state index in [9.17, 15) is 4.79 Å². The average Bonchev–Trinajstić information content (AvgIpc) is 2.01. The molecule has 0 aromatic rings. The summed E-state index contributed by atoms with van der Waals surface area (Å²) in [7, 11) is 2.08. The lowest BCUT2D eigenvalue weighted by atomic mass is 9.96. The molecule has 1 atom stereocenters. The van der Waals surface area contributed by atoms with Gasteiger partial charge in [-0.2, -0.15) is 0 Å². The molecule has 1 aliphatic heterocycles. The highest BCUT2D eigenvalue weighted by atomic mass is 16.2. The van der Waals surface area contributed by atoms with Crippen LogP contribution in [0, 0.1) is 5.92 Å². The lowest BCUT2D eigenvalue weighted by Gasteiger charge is -2.31. The minimum Gasteiger partial charge on any atom is -0.351 e. The van der Waals surface area contributed by atoms with Crippen LogP contribution in [0.3, 0.4) is 0 Å². The highest BCUT2D eigenvalue weighted by Crippen LogP contribution is 2.16. The van der Waals surface area contributed by atoms with Crippen molar-refractivity contribution in [2.45, 2.75) is 39.2 Å². The molecule has 14 heavy (non-hydrogen) atoms. The molecule has 82 valence electrons. The molecule has 0 unspecified atom stereocenters. The maximum absolute atomic E-state index is 11.8. The van der Waals surface area contributed by atoms with E-state index in [4.69, 9.17) is 0 Å². The molecule has 1 heterocycles. The number of hydrogen-bond acceptors (Lipinski definition) is 2. The zero-order chi connectivity index (χ0) is 10.8. The van der Waals surface area contributed by atoms with Gasteiger partial charge in [-0.3, -0.25) is 4.79 Å². The van der Waals surface area contributed by atoms with Crippen molar-refractivity contribution in [2.24, 2.45) is 5.92 Å². The summed E-state index contributed by atoms with van der Waals surface area (Å²) >= 11 is 0. The van der Waals surface area contributed by atoms with Crippen LogP contribution in [0.5, 0.6) is 0 Å². The summed E-state index contributed by atoms with van der Waals surface area (Å²) in [4.78, 5) is 14.1. The predicted octanol–water partition coefficient (Wildman–Crippen LogP) is 1.24. The lowest BCUT2D eigenvalue weighted by Crippen LogP contribution is -2.47. The van der Waals surface area contributed by atoms with Crippen molar-refractivity contribution in [3.05, 3.63) is 0 Å². The average molecular weight is 198 g/mol. The van der Waals surface area contributed by atoms with Crippen LogP contribution < -0.4 is 5.32 Å². The van der Waals surface area contributed by atoms with Gasteiger partial charge in [0, 0.05) is 12.1 Å². The Bertz CT molecular complexity index is 208. The third kappa shape index (κ3) is 3.66. The zero-order valence-corrected chi connectivity index (χ0v) is 9.76. The summed E-state index contributed by atoms with van der Waals surface area (Å²) in [5, 5.41) is 3.04. The topological polar surface area (TPSA) is 32.3 Å². The van der Waals surface area contributed by atoms with Gasteiger partial charge in [0.2, 0.25) is 5.91 Å². The Labute approximate surface area is 86.9 Å². The number of likely N-dealkylation sites (tertiary alicyclic amines) is 1. The van der Waals surface area contributed by atoms with E-state index in [0.29, 0.717) is 0 Å². The number of rotatable bonds is 1. The number of carbonyl (C=O) groups is 1. The van der Waals surface area contributed by atoms with Crippen LogP contribution in [0.1, 0.15) is 33.6 Å². The van der Waals surface area contributed by atoms with E-state index in [1.807, 2.05) is 20.8 Å². The van der Waals surface area contributed by atoms with Gasteiger partial charge >= 0.3 is 0 Å². The molecule has 0 aromatic heterocycles. The summed E-state index contributed by atoms with van der Waals surface area (Å²) in [5.41, 5.74) is -0.104. The summed E-state index contributed by atoms with van der Waals surface area (Å²) in [6.07, 6.45) is 2.17. The van der Waals surface area contributed by atoms with Crippen molar-refractivity contribution in [1.82, 2.24) is 10.2 Å². The summed E-state index contributed by atoms with van der Waals surface area (Å²) in [6, 6.07) is 0. The normalized spacial score (nSPS) is 24.7. The van der Waals surface area contributed by atoms with Gasteiger partial charge in [0.15, 0.2) is 0 Å². The Morgan fingerprint density at radius 2 is 2.07 bits per heavy atom. The zero-order valence-electron chi connectivity index (χ0n) is 9.76. The van der Waals surface area contributed by atoms with E-state index < -0.39 is 0 Å². The number of amides is 1. The van der Waals surface area contributed by atoms with Crippen LogP contribution in [0.25, 0.3) is 0 Å². The van der Waals surface area contributed by atoms with Gasteiger partial charge in [-0.1, -0.05) is 0 Å². The summed E-state index contributed by atoms with van der Waals surface area (Å²) in [5.74, 6) is 0.400. The van der Waals surface area contributed by atoms with Crippen molar-refractivity contribution >= 4 is 5.91 Å². The largest absolute Gasteiger partial charge is 0.351 e. The molecule has 1 amide bonds. The van der Waals surface area contributed by atoms with E-state index in [1.165, 1.54) is 0 Å². The van der Waals surface area contributed by atoms with Crippen molar-refractivity contribution in [2.75, 3.05) is 20.1 Å².